The quantitative estimate of drug-likeness (QED) is 0.572. The molecule has 0 aliphatic heterocycles. The van der Waals surface area contributed by atoms with Gasteiger partial charge in [0.05, 0.1) is 6.61 Å². The molecule has 2 rings (SSSR count). The van der Waals surface area contributed by atoms with Crippen molar-refractivity contribution in [1.29, 1.82) is 0 Å². The summed E-state index contributed by atoms with van der Waals surface area (Å²) in [6, 6.07) is 19.2. The van der Waals surface area contributed by atoms with Crippen LogP contribution in [0.1, 0.15) is 25.5 Å². The Bertz CT molecular complexity index is 513. The molecule has 1 N–H and O–H groups in total. The maximum absolute atomic E-state index is 5.46. The van der Waals surface area contributed by atoms with Crippen LogP contribution in [0.5, 0.6) is 5.75 Å². The minimum Gasteiger partial charge on any atom is -0.494 e. The van der Waals surface area contributed by atoms with E-state index in [4.69, 9.17) is 4.74 Å². The largest absolute Gasteiger partial charge is 0.494 e. The van der Waals surface area contributed by atoms with E-state index in [1.54, 1.807) is 0 Å². The van der Waals surface area contributed by atoms with Gasteiger partial charge in [0.15, 0.2) is 0 Å². The van der Waals surface area contributed by atoms with Crippen LogP contribution in [0.4, 0.5) is 0 Å². The number of hydrogen-bond donors (Lipinski definition) is 1. The highest BCUT2D eigenvalue weighted by Gasteiger charge is 2.04. The Balaban J connectivity index is 1.72. The molecule has 0 heterocycles. The highest BCUT2D eigenvalue weighted by Crippen LogP contribution is 2.19. The molecule has 0 aliphatic carbocycles. The van der Waals surface area contributed by atoms with E-state index in [0.29, 0.717) is 12.6 Å². The van der Waals surface area contributed by atoms with Crippen LogP contribution >= 0.6 is 11.8 Å². The summed E-state index contributed by atoms with van der Waals surface area (Å²) in [5.41, 5.74) is 1.29. The first-order valence-corrected chi connectivity index (χ1v) is 8.42. The standard InChI is InChI=1S/C18H23NOS/c1-3-20-17-11-9-16(10-12-17)15(2)19-13-14-21-18-7-5-4-6-8-18/h4-12,15,19H,3,13-14H2,1-2H3. The van der Waals surface area contributed by atoms with Crippen molar-refractivity contribution >= 4 is 11.8 Å². The molecule has 0 saturated heterocycles. The predicted octanol–water partition coefficient (Wildman–Crippen LogP) is 4.53. The van der Waals surface area contributed by atoms with E-state index in [-0.39, 0.29) is 0 Å². The highest BCUT2D eigenvalue weighted by molar-refractivity contribution is 7.99. The first-order chi connectivity index (χ1) is 10.3. The van der Waals surface area contributed by atoms with E-state index in [2.05, 4.69) is 54.7 Å². The van der Waals surface area contributed by atoms with Crippen molar-refractivity contribution in [3.63, 3.8) is 0 Å². The Morgan fingerprint density at radius 2 is 1.76 bits per heavy atom. The number of hydrogen-bond acceptors (Lipinski definition) is 3. The third-order valence-corrected chi connectivity index (χ3v) is 4.27. The lowest BCUT2D eigenvalue weighted by Crippen LogP contribution is -2.21. The zero-order valence-corrected chi connectivity index (χ0v) is 13.5. The molecule has 1 atom stereocenters. The van der Waals surface area contributed by atoms with E-state index >= 15 is 0 Å². The number of thioether (sulfide) groups is 1. The first-order valence-electron chi connectivity index (χ1n) is 7.43. The van der Waals surface area contributed by atoms with Crippen molar-refractivity contribution in [2.24, 2.45) is 0 Å². The van der Waals surface area contributed by atoms with Gasteiger partial charge >= 0.3 is 0 Å². The van der Waals surface area contributed by atoms with Crippen molar-refractivity contribution in [2.75, 3.05) is 18.9 Å². The van der Waals surface area contributed by atoms with Crippen LogP contribution in [0.2, 0.25) is 0 Å². The third-order valence-electron chi connectivity index (χ3n) is 3.26. The molecule has 2 nitrogen and oxygen atoms in total. The van der Waals surface area contributed by atoms with E-state index < -0.39 is 0 Å². The number of rotatable bonds is 8. The maximum atomic E-state index is 5.46. The molecule has 0 saturated carbocycles. The van der Waals surface area contributed by atoms with Gasteiger partial charge in [0.2, 0.25) is 0 Å². The van der Waals surface area contributed by atoms with Crippen molar-refractivity contribution < 1.29 is 4.74 Å². The molecule has 2 aromatic carbocycles. The van der Waals surface area contributed by atoms with Crippen LogP contribution in [0, 0.1) is 0 Å². The topological polar surface area (TPSA) is 21.3 Å². The van der Waals surface area contributed by atoms with Crippen molar-refractivity contribution in [1.82, 2.24) is 5.32 Å². The van der Waals surface area contributed by atoms with Gasteiger partial charge in [-0.1, -0.05) is 30.3 Å². The normalized spacial score (nSPS) is 12.1. The zero-order valence-electron chi connectivity index (χ0n) is 12.7. The summed E-state index contributed by atoms with van der Waals surface area (Å²) in [7, 11) is 0. The lowest BCUT2D eigenvalue weighted by atomic mass is 10.1. The summed E-state index contributed by atoms with van der Waals surface area (Å²) in [4.78, 5) is 1.33. The lowest BCUT2D eigenvalue weighted by molar-refractivity contribution is 0.340. The summed E-state index contributed by atoms with van der Waals surface area (Å²) in [5.74, 6) is 2.01. The van der Waals surface area contributed by atoms with Crippen LogP contribution in [-0.2, 0) is 0 Å². The average Bonchev–Trinajstić information content (AvgIpc) is 2.53. The molecule has 0 spiro atoms. The number of nitrogens with one attached hydrogen (secondary N) is 1. The van der Waals surface area contributed by atoms with Gasteiger partial charge in [0, 0.05) is 23.2 Å². The van der Waals surface area contributed by atoms with E-state index in [1.165, 1.54) is 10.5 Å². The fraction of sp³-hybridized carbons (Fsp3) is 0.333. The Hall–Kier alpha value is -1.45. The van der Waals surface area contributed by atoms with Gasteiger partial charge in [-0.2, -0.15) is 0 Å². The second kappa shape index (κ2) is 8.75. The Morgan fingerprint density at radius 3 is 2.43 bits per heavy atom. The van der Waals surface area contributed by atoms with Crippen LogP contribution in [0.3, 0.4) is 0 Å². The molecular weight excluding hydrogens is 278 g/mol. The van der Waals surface area contributed by atoms with Crippen LogP contribution in [-0.4, -0.2) is 18.9 Å². The maximum Gasteiger partial charge on any atom is 0.119 e. The second-order valence-electron chi connectivity index (χ2n) is 4.84. The predicted molar refractivity (Wildman–Crippen MR) is 91.2 cm³/mol. The molecule has 0 fully saturated rings. The number of benzene rings is 2. The molecule has 3 heteroatoms. The third kappa shape index (κ3) is 5.44. The first kappa shape index (κ1) is 15.9. The molecule has 0 amide bonds. The van der Waals surface area contributed by atoms with Gasteiger partial charge in [0.25, 0.3) is 0 Å². The zero-order chi connectivity index (χ0) is 14.9. The van der Waals surface area contributed by atoms with Gasteiger partial charge < -0.3 is 10.1 Å². The minimum absolute atomic E-state index is 0.358. The molecule has 0 aromatic heterocycles. The number of ether oxygens (including phenoxy) is 1. The summed E-state index contributed by atoms with van der Waals surface area (Å²) in [6.07, 6.45) is 0. The van der Waals surface area contributed by atoms with Gasteiger partial charge in [-0.05, 0) is 43.7 Å². The van der Waals surface area contributed by atoms with Crippen molar-refractivity contribution in [3.8, 4) is 5.75 Å². The highest BCUT2D eigenvalue weighted by atomic mass is 32.2. The van der Waals surface area contributed by atoms with Gasteiger partial charge in [-0.3, -0.25) is 0 Å². The fourth-order valence-electron chi connectivity index (χ4n) is 2.10. The minimum atomic E-state index is 0.358. The van der Waals surface area contributed by atoms with Gasteiger partial charge in [-0.25, -0.2) is 0 Å². The van der Waals surface area contributed by atoms with Crippen LogP contribution < -0.4 is 10.1 Å². The monoisotopic (exact) mass is 301 g/mol. The van der Waals surface area contributed by atoms with Crippen LogP contribution in [0.25, 0.3) is 0 Å². The molecule has 1 unspecified atom stereocenters. The SMILES string of the molecule is CCOc1ccc(C(C)NCCSc2ccccc2)cc1. The molecular formula is C18H23NOS. The van der Waals surface area contributed by atoms with Gasteiger partial charge in [-0.15, -0.1) is 11.8 Å². The molecule has 2 aromatic rings. The van der Waals surface area contributed by atoms with E-state index in [9.17, 15) is 0 Å². The summed E-state index contributed by atoms with van der Waals surface area (Å²) in [5, 5.41) is 3.56. The Morgan fingerprint density at radius 1 is 1.05 bits per heavy atom. The molecule has 0 bridgehead atoms. The Kier molecular flexibility index (Phi) is 6.64. The second-order valence-corrected chi connectivity index (χ2v) is 6.01. The van der Waals surface area contributed by atoms with Crippen LogP contribution in [0.15, 0.2) is 59.5 Å². The fourth-order valence-corrected chi connectivity index (χ4v) is 2.90. The van der Waals surface area contributed by atoms with E-state index in [0.717, 1.165) is 18.0 Å². The van der Waals surface area contributed by atoms with Crippen molar-refractivity contribution in [3.05, 3.63) is 60.2 Å². The lowest BCUT2D eigenvalue weighted by Gasteiger charge is -2.14. The van der Waals surface area contributed by atoms with E-state index in [1.807, 2.05) is 30.8 Å². The summed E-state index contributed by atoms with van der Waals surface area (Å²) < 4.78 is 5.46. The summed E-state index contributed by atoms with van der Waals surface area (Å²) in [6.45, 7) is 5.91. The molecule has 0 aliphatic rings. The molecule has 112 valence electrons. The smallest absolute Gasteiger partial charge is 0.119 e. The Labute approximate surface area is 131 Å². The van der Waals surface area contributed by atoms with Crippen molar-refractivity contribution in [2.45, 2.75) is 24.8 Å². The van der Waals surface area contributed by atoms with Gasteiger partial charge in [0.1, 0.15) is 5.75 Å². The average molecular weight is 301 g/mol. The molecule has 0 radical (unpaired) electrons. The summed E-state index contributed by atoms with van der Waals surface area (Å²) >= 11 is 1.88. The molecule has 21 heavy (non-hydrogen) atoms.